The topological polar surface area (TPSA) is 44.8 Å². The number of rotatable bonds is 9. The smallest absolute Gasteiger partial charge is 0.287 e. The minimum atomic E-state index is -4.98. The first-order valence-corrected chi connectivity index (χ1v) is 7.32. The number of hydrogen-bond donors (Lipinski definition) is 0. The predicted octanol–water partition coefficient (Wildman–Crippen LogP) is 5.00. The Morgan fingerprint density at radius 1 is 0.565 bits per heavy atom. The first kappa shape index (κ1) is 22.5. The molecule has 0 amide bonds. The van der Waals surface area contributed by atoms with Gasteiger partial charge < -0.3 is 0 Å². The highest BCUT2D eigenvalue weighted by atomic mass is 31.2. The van der Waals surface area contributed by atoms with E-state index in [4.69, 9.17) is 0 Å². The first-order chi connectivity index (χ1) is 10.1. The molecule has 0 bridgehead atoms. The second kappa shape index (κ2) is 8.54. The van der Waals surface area contributed by atoms with Crippen molar-refractivity contribution in [1.29, 1.82) is 0 Å². The molecule has 0 unspecified atom stereocenters. The number of hydrogen-bond acceptors (Lipinski definition) is 4. The lowest BCUT2D eigenvalue weighted by Gasteiger charge is -2.19. The zero-order valence-corrected chi connectivity index (χ0v) is 12.1. The Bertz CT molecular complexity index is 333. The molecule has 0 heterocycles. The van der Waals surface area contributed by atoms with Crippen LogP contribution >= 0.6 is 7.82 Å². The molecule has 0 aromatic carbocycles. The summed E-state index contributed by atoms with van der Waals surface area (Å²) in [5, 5.41) is 0. The summed E-state index contributed by atoms with van der Waals surface area (Å²) < 4.78 is 131. The van der Waals surface area contributed by atoms with Crippen LogP contribution in [0.4, 0.5) is 39.5 Å². The van der Waals surface area contributed by atoms with Crippen LogP contribution in [-0.2, 0) is 18.1 Å². The summed E-state index contributed by atoms with van der Waals surface area (Å²) in [6.07, 6.45) is -19.1. The largest absolute Gasteiger partial charge is 0.474 e. The Morgan fingerprint density at radius 3 is 0.957 bits per heavy atom. The van der Waals surface area contributed by atoms with Crippen molar-refractivity contribution < 1.29 is 57.7 Å². The summed E-state index contributed by atoms with van der Waals surface area (Å²) in [6.45, 7) is -3.92. The van der Waals surface area contributed by atoms with Crippen LogP contribution in [0, 0.1) is 0 Å². The molecule has 0 aliphatic rings. The fraction of sp³-hybridized carbons (Fsp3) is 1.00. The minimum absolute atomic E-state index is 1.31. The third-order valence-corrected chi connectivity index (χ3v) is 3.40. The molecule has 0 aliphatic carbocycles. The maximum absolute atomic E-state index is 11.9. The van der Waals surface area contributed by atoms with Crippen molar-refractivity contribution in [2.75, 3.05) is 19.8 Å². The second-order valence-electron chi connectivity index (χ2n) is 4.04. The number of phosphoric ester groups is 1. The molecule has 0 rings (SSSR count). The van der Waals surface area contributed by atoms with Gasteiger partial charge in [0.05, 0.1) is 39.1 Å². The summed E-state index contributed by atoms with van der Waals surface area (Å²) >= 11 is 0. The van der Waals surface area contributed by atoms with E-state index in [1.807, 2.05) is 0 Å². The quantitative estimate of drug-likeness (QED) is 0.413. The van der Waals surface area contributed by atoms with Gasteiger partial charge in [-0.2, -0.15) is 39.5 Å². The van der Waals surface area contributed by atoms with E-state index < -0.39 is 65.4 Å². The van der Waals surface area contributed by atoms with Crippen LogP contribution in [-0.4, -0.2) is 38.3 Å². The number of halogens is 9. The number of alkyl halides is 9. The standard InChI is InChI=1S/C9H12F9O4P/c10-7(11,12)1-4-20-23(19,21-5-2-8(13,14)15)22-6-3-9(16,17)18/h1-6H2. The van der Waals surface area contributed by atoms with E-state index in [0.29, 0.717) is 0 Å². The third-order valence-electron chi connectivity index (χ3n) is 1.90. The fourth-order valence-corrected chi connectivity index (χ4v) is 2.10. The van der Waals surface area contributed by atoms with Crippen LogP contribution in [0.3, 0.4) is 0 Å². The van der Waals surface area contributed by atoms with Crippen molar-refractivity contribution in [2.45, 2.75) is 37.8 Å². The summed E-state index contributed by atoms with van der Waals surface area (Å²) in [5.74, 6) is 0. The van der Waals surface area contributed by atoms with Gasteiger partial charge in [-0.3, -0.25) is 13.6 Å². The monoisotopic (exact) mass is 386 g/mol. The van der Waals surface area contributed by atoms with E-state index in [1.54, 1.807) is 0 Å². The minimum Gasteiger partial charge on any atom is -0.287 e. The van der Waals surface area contributed by atoms with Crippen molar-refractivity contribution in [2.24, 2.45) is 0 Å². The molecular weight excluding hydrogens is 374 g/mol. The number of phosphoric acid groups is 1. The van der Waals surface area contributed by atoms with Crippen LogP contribution in [0.25, 0.3) is 0 Å². The normalized spacial score (nSPS) is 14.3. The van der Waals surface area contributed by atoms with Gasteiger partial charge in [-0.25, -0.2) is 4.57 Å². The van der Waals surface area contributed by atoms with Gasteiger partial charge in [0.1, 0.15) is 0 Å². The van der Waals surface area contributed by atoms with Gasteiger partial charge in [0.2, 0.25) is 0 Å². The van der Waals surface area contributed by atoms with E-state index in [9.17, 15) is 44.1 Å². The highest BCUT2D eigenvalue weighted by molar-refractivity contribution is 7.48. The Balaban J connectivity index is 4.53. The summed E-state index contributed by atoms with van der Waals surface area (Å²) in [7, 11) is -4.98. The molecule has 14 heteroatoms. The van der Waals surface area contributed by atoms with Gasteiger partial charge in [-0.05, 0) is 0 Å². The van der Waals surface area contributed by atoms with Crippen LogP contribution in [0.1, 0.15) is 19.3 Å². The molecular formula is C9H12F9O4P. The molecule has 0 atom stereocenters. The highest BCUT2D eigenvalue weighted by Gasteiger charge is 2.35. The molecule has 0 radical (unpaired) electrons. The second-order valence-corrected chi connectivity index (χ2v) is 5.71. The van der Waals surface area contributed by atoms with Crippen LogP contribution in [0.15, 0.2) is 0 Å². The third kappa shape index (κ3) is 14.8. The Labute approximate surface area is 124 Å². The zero-order valence-electron chi connectivity index (χ0n) is 11.2. The zero-order chi connectivity index (χ0) is 18.4. The van der Waals surface area contributed by atoms with Crippen molar-refractivity contribution in [3.8, 4) is 0 Å². The molecule has 23 heavy (non-hydrogen) atoms. The lowest BCUT2D eigenvalue weighted by molar-refractivity contribution is -0.145. The molecule has 0 saturated carbocycles. The Morgan fingerprint density at radius 2 is 0.783 bits per heavy atom. The Hall–Kier alpha value is -0.520. The van der Waals surface area contributed by atoms with E-state index in [0.717, 1.165) is 0 Å². The molecule has 0 fully saturated rings. The Kier molecular flexibility index (Phi) is 8.35. The predicted molar refractivity (Wildman–Crippen MR) is 57.5 cm³/mol. The maximum atomic E-state index is 11.9. The van der Waals surface area contributed by atoms with E-state index in [1.165, 1.54) is 0 Å². The molecule has 0 aromatic heterocycles. The van der Waals surface area contributed by atoms with Gasteiger partial charge in [0, 0.05) is 0 Å². The van der Waals surface area contributed by atoms with Crippen molar-refractivity contribution in [3.05, 3.63) is 0 Å². The van der Waals surface area contributed by atoms with E-state index in [-0.39, 0.29) is 0 Å². The van der Waals surface area contributed by atoms with Gasteiger partial charge in [-0.15, -0.1) is 0 Å². The SMILES string of the molecule is O=P(OCCC(F)(F)F)(OCCC(F)(F)F)OCCC(F)(F)F. The summed E-state index contributed by atoms with van der Waals surface area (Å²) in [5.41, 5.74) is 0. The molecule has 0 spiro atoms. The van der Waals surface area contributed by atoms with Crippen molar-refractivity contribution >= 4 is 7.82 Å². The van der Waals surface area contributed by atoms with Gasteiger partial charge in [0.25, 0.3) is 0 Å². The highest BCUT2D eigenvalue weighted by Crippen LogP contribution is 2.50. The average Bonchev–Trinajstić information content (AvgIpc) is 2.22. The van der Waals surface area contributed by atoms with Crippen LogP contribution in [0.2, 0.25) is 0 Å². The molecule has 4 nitrogen and oxygen atoms in total. The van der Waals surface area contributed by atoms with Crippen LogP contribution < -0.4 is 0 Å². The molecule has 0 aromatic rings. The van der Waals surface area contributed by atoms with Crippen LogP contribution in [0.5, 0.6) is 0 Å². The first-order valence-electron chi connectivity index (χ1n) is 5.86. The lowest BCUT2D eigenvalue weighted by Crippen LogP contribution is -2.16. The fourth-order valence-electron chi connectivity index (χ4n) is 0.931. The van der Waals surface area contributed by atoms with E-state index in [2.05, 4.69) is 13.6 Å². The van der Waals surface area contributed by atoms with E-state index >= 15 is 0 Å². The summed E-state index contributed by atoms with van der Waals surface area (Å²) in [4.78, 5) is 0. The molecule has 0 aliphatic heterocycles. The maximum Gasteiger partial charge on any atom is 0.474 e. The van der Waals surface area contributed by atoms with Crippen molar-refractivity contribution in [1.82, 2.24) is 0 Å². The molecule has 0 N–H and O–H groups in total. The van der Waals surface area contributed by atoms with Gasteiger partial charge in [-0.1, -0.05) is 0 Å². The van der Waals surface area contributed by atoms with Crippen molar-refractivity contribution in [3.63, 3.8) is 0 Å². The average molecular weight is 386 g/mol. The lowest BCUT2D eigenvalue weighted by atomic mass is 10.5. The molecule has 0 saturated heterocycles. The molecule has 140 valence electrons. The van der Waals surface area contributed by atoms with Gasteiger partial charge >= 0.3 is 26.4 Å². The van der Waals surface area contributed by atoms with Gasteiger partial charge in [0.15, 0.2) is 0 Å². The summed E-state index contributed by atoms with van der Waals surface area (Å²) in [6, 6.07) is 0.